The van der Waals surface area contributed by atoms with E-state index in [-0.39, 0.29) is 18.8 Å². The molecule has 1 unspecified atom stereocenters. The van der Waals surface area contributed by atoms with Gasteiger partial charge in [-0.25, -0.2) is 0 Å². The number of hydrogen-bond donors (Lipinski definition) is 0. The Morgan fingerprint density at radius 3 is 2.83 bits per heavy atom. The molecular weight excluding hydrogens is 243 g/mol. The van der Waals surface area contributed by atoms with Crippen LogP contribution in [-0.4, -0.2) is 18.8 Å². The van der Waals surface area contributed by atoms with Gasteiger partial charge in [-0.15, -0.1) is 11.3 Å². The van der Waals surface area contributed by atoms with E-state index in [1.165, 1.54) is 10.1 Å². The number of rotatable bonds is 1. The molecule has 1 saturated heterocycles. The van der Waals surface area contributed by atoms with E-state index in [1.807, 2.05) is 0 Å². The standard InChI is InChI=1S/C14H17BO2S/c1-10-9-14(2,3)17-15(16-10)13-8-11-6-4-5-7-12(11)18-13/h4-8,10H,9H2,1-3H3. The predicted octanol–water partition coefficient (Wildman–Crippen LogP) is 3.20. The highest BCUT2D eigenvalue weighted by atomic mass is 32.1. The van der Waals surface area contributed by atoms with Crippen molar-refractivity contribution in [2.24, 2.45) is 0 Å². The molecule has 2 heterocycles. The number of thiophene rings is 1. The van der Waals surface area contributed by atoms with Gasteiger partial charge in [-0.2, -0.15) is 0 Å². The summed E-state index contributed by atoms with van der Waals surface area (Å²) in [5, 5.41) is 1.26. The Morgan fingerprint density at radius 1 is 1.33 bits per heavy atom. The summed E-state index contributed by atoms with van der Waals surface area (Å²) in [5.74, 6) is 0. The first-order valence-electron chi connectivity index (χ1n) is 6.35. The van der Waals surface area contributed by atoms with Crippen LogP contribution < -0.4 is 4.78 Å². The van der Waals surface area contributed by atoms with Crippen LogP contribution in [0.25, 0.3) is 10.1 Å². The zero-order valence-corrected chi connectivity index (χ0v) is 11.8. The number of hydrogen-bond acceptors (Lipinski definition) is 3. The van der Waals surface area contributed by atoms with E-state index in [1.54, 1.807) is 11.3 Å². The second kappa shape index (κ2) is 4.37. The van der Waals surface area contributed by atoms with E-state index in [2.05, 4.69) is 51.1 Å². The number of fused-ring (bicyclic) bond motifs is 1. The van der Waals surface area contributed by atoms with Gasteiger partial charge in [-0.3, -0.25) is 0 Å². The van der Waals surface area contributed by atoms with Gasteiger partial charge in [0.05, 0.1) is 5.60 Å². The Labute approximate surface area is 112 Å². The smallest absolute Gasteiger partial charge is 0.404 e. The van der Waals surface area contributed by atoms with E-state index in [0.717, 1.165) is 11.2 Å². The van der Waals surface area contributed by atoms with Crippen molar-refractivity contribution in [3.63, 3.8) is 0 Å². The van der Waals surface area contributed by atoms with E-state index in [0.29, 0.717) is 0 Å². The van der Waals surface area contributed by atoms with E-state index < -0.39 is 0 Å². The Balaban J connectivity index is 1.94. The van der Waals surface area contributed by atoms with Crippen LogP contribution in [0.1, 0.15) is 27.2 Å². The van der Waals surface area contributed by atoms with Gasteiger partial charge in [0.1, 0.15) is 0 Å². The zero-order valence-electron chi connectivity index (χ0n) is 11.0. The molecule has 1 atom stereocenters. The average molecular weight is 260 g/mol. The summed E-state index contributed by atoms with van der Waals surface area (Å²) in [4.78, 5) is 0. The largest absolute Gasteiger partial charge is 0.505 e. The van der Waals surface area contributed by atoms with Crippen LogP contribution >= 0.6 is 11.3 Å². The molecule has 1 aromatic heterocycles. The molecule has 2 aromatic rings. The van der Waals surface area contributed by atoms with Crippen molar-refractivity contribution in [1.82, 2.24) is 0 Å². The van der Waals surface area contributed by atoms with Gasteiger partial charge >= 0.3 is 7.12 Å². The van der Waals surface area contributed by atoms with E-state index in [9.17, 15) is 0 Å². The van der Waals surface area contributed by atoms with Gasteiger partial charge in [0.25, 0.3) is 0 Å². The summed E-state index contributed by atoms with van der Waals surface area (Å²) >= 11 is 1.76. The topological polar surface area (TPSA) is 18.5 Å². The monoisotopic (exact) mass is 260 g/mol. The van der Waals surface area contributed by atoms with Crippen LogP contribution in [0.4, 0.5) is 0 Å². The molecule has 0 spiro atoms. The lowest BCUT2D eigenvalue weighted by atomic mass is 9.81. The highest BCUT2D eigenvalue weighted by molar-refractivity contribution is 7.28. The fraction of sp³-hybridized carbons (Fsp3) is 0.429. The van der Waals surface area contributed by atoms with Crippen molar-refractivity contribution in [3.8, 4) is 0 Å². The molecule has 0 saturated carbocycles. The zero-order chi connectivity index (χ0) is 12.8. The summed E-state index contributed by atoms with van der Waals surface area (Å²) in [6.45, 7) is 6.38. The maximum Gasteiger partial charge on any atom is 0.505 e. The summed E-state index contributed by atoms with van der Waals surface area (Å²) in [6.07, 6.45) is 1.18. The van der Waals surface area contributed by atoms with Crippen molar-refractivity contribution in [3.05, 3.63) is 30.3 Å². The van der Waals surface area contributed by atoms with Crippen molar-refractivity contribution in [2.75, 3.05) is 0 Å². The first kappa shape index (κ1) is 12.2. The summed E-state index contributed by atoms with van der Waals surface area (Å²) in [6, 6.07) is 10.6. The fourth-order valence-corrected chi connectivity index (χ4v) is 3.59. The molecule has 0 N–H and O–H groups in total. The third-order valence-corrected chi connectivity index (χ3v) is 4.38. The minimum atomic E-state index is -0.221. The predicted molar refractivity (Wildman–Crippen MR) is 77.5 cm³/mol. The van der Waals surface area contributed by atoms with Crippen LogP contribution in [0.3, 0.4) is 0 Å². The van der Waals surface area contributed by atoms with Crippen molar-refractivity contribution in [1.29, 1.82) is 0 Å². The Kier molecular flexibility index (Phi) is 2.97. The lowest BCUT2D eigenvalue weighted by Gasteiger charge is -2.37. The Bertz CT molecular complexity index is 531. The molecule has 1 aromatic carbocycles. The molecule has 3 rings (SSSR count). The molecule has 0 radical (unpaired) electrons. The van der Waals surface area contributed by atoms with Crippen LogP contribution in [0.5, 0.6) is 0 Å². The molecule has 94 valence electrons. The maximum atomic E-state index is 6.05. The van der Waals surface area contributed by atoms with Crippen molar-refractivity contribution >= 4 is 33.3 Å². The molecule has 0 aliphatic carbocycles. The lowest BCUT2D eigenvalue weighted by Crippen LogP contribution is -2.50. The molecule has 1 aliphatic rings. The van der Waals surface area contributed by atoms with Crippen molar-refractivity contribution in [2.45, 2.75) is 38.9 Å². The summed E-state index contributed by atoms with van der Waals surface area (Å²) < 4.78 is 14.4. The molecule has 1 aliphatic heterocycles. The quantitative estimate of drug-likeness (QED) is 0.733. The number of benzene rings is 1. The van der Waals surface area contributed by atoms with Gasteiger partial charge in [0.2, 0.25) is 0 Å². The van der Waals surface area contributed by atoms with Crippen LogP contribution in [0.2, 0.25) is 0 Å². The molecule has 1 fully saturated rings. The Hall–Kier alpha value is -0.835. The second-order valence-corrected chi connectivity index (χ2v) is 6.66. The van der Waals surface area contributed by atoms with Gasteiger partial charge in [-0.1, -0.05) is 18.2 Å². The van der Waals surface area contributed by atoms with Crippen LogP contribution in [0.15, 0.2) is 30.3 Å². The van der Waals surface area contributed by atoms with Crippen LogP contribution in [-0.2, 0) is 9.31 Å². The third kappa shape index (κ3) is 2.33. The maximum absolute atomic E-state index is 6.05. The Morgan fingerprint density at radius 2 is 2.11 bits per heavy atom. The average Bonchev–Trinajstić information content (AvgIpc) is 2.69. The molecule has 0 amide bonds. The third-order valence-electron chi connectivity index (χ3n) is 3.24. The summed E-state index contributed by atoms with van der Waals surface area (Å²) in [5.41, 5.74) is -0.113. The van der Waals surface area contributed by atoms with Gasteiger partial charge in [-0.05, 0) is 44.7 Å². The normalized spacial score (nSPS) is 23.5. The van der Waals surface area contributed by atoms with Crippen molar-refractivity contribution < 1.29 is 9.31 Å². The highest BCUT2D eigenvalue weighted by Crippen LogP contribution is 2.28. The van der Waals surface area contributed by atoms with Crippen LogP contribution in [0, 0.1) is 0 Å². The molecule has 4 heteroatoms. The molecule has 0 bridgehead atoms. The molecular formula is C14H17BO2S. The minimum Gasteiger partial charge on any atom is -0.404 e. The molecule has 2 nitrogen and oxygen atoms in total. The second-order valence-electron chi connectivity index (χ2n) is 5.55. The van der Waals surface area contributed by atoms with Gasteiger partial charge in [0, 0.05) is 15.6 Å². The summed E-state index contributed by atoms with van der Waals surface area (Å²) in [7, 11) is -0.221. The van der Waals surface area contributed by atoms with E-state index in [4.69, 9.17) is 9.31 Å². The first-order chi connectivity index (χ1) is 8.53. The van der Waals surface area contributed by atoms with Gasteiger partial charge < -0.3 is 9.31 Å². The molecule has 18 heavy (non-hydrogen) atoms. The highest BCUT2D eigenvalue weighted by Gasteiger charge is 2.39. The van der Waals surface area contributed by atoms with Gasteiger partial charge in [0.15, 0.2) is 0 Å². The van der Waals surface area contributed by atoms with E-state index >= 15 is 0 Å². The minimum absolute atomic E-state index is 0.113. The first-order valence-corrected chi connectivity index (χ1v) is 7.17. The lowest BCUT2D eigenvalue weighted by molar-refractivity contribution is -0.0226. The SMILES string of the molecule is CC1CC(C)(C)OB(c2cc3ccccc3s2)O1. The fourth-order valence-electron chi connectivity index (χ4n) is 2.56.